The lowest BCUT2D eigenvalue weighted by Crippen LogP contribution is -2.45. The SMILES string of the molecule is CC(C)(C)C(O[Si](C)(C)C(C)(C)C)n1ccnc1. The molecule has 1 unspecified atom stereocenters. The van der Waals surface area contributed by atoms with E-state index in [0.717, 1.165) is 0 Å². The minimum absolute atomic E-state index is 0.0425. The van der Waals surface area contributed by atoms with Gasteiger partial charge in [0, 0.05) is 17.8 Å². The molecule has 0 N–H and O–H groups in total. The lowest BCUT2D eigenvalue weighted by molar-refractivity contribution is 0.0114. The Bertz CT molecular complexity index is 371. The predicted molar refractivity (Wildman–Crippen MR) is 79.0 cm³/mol. The molecular formula is C14H28N2OSi. The van der Waals surface area contributed by atoms with Crippen molar-refractivity contribution < 1.29 is 4.43 Å². The Morgan fingerprint density at radius 1 is 1.11 bits per heavy atom. The number of rotatable bonds is 3. The Kier molecular flexibility index (Phi) is 4.13. The normalized spacial score (nSPS) is 15.8. The summed E-state index contributed by atoms with van der Waals surface area (Å²) in [5, 5.41) is 0.219. The van der Waals surface area contributed by atoms with Crippen LogP contribution in [0.1, 0.15) is 47.8 Å². The monoisotopic (exact) mass is 268 g/mol. The summed E-state index contributed by atoms with van der Waals surface area (Å²) in [6.45, 7) is 18.0. The molecule has 0 aliphatic carbocycles. The second kappa shape index (κ2) is 4.81. The average molecular weight is 268 g/mol. The molecule has 4 heteroatoms. The van der Waals surface area contributed by atoms with Crippen molar-refractivity contribution in [2.24, 2.45) is 5.41 Å². The molecule has 0 saturated carbocycles. The topological polar surface area (TPSA) is 27.1 Å². The van der Waals surface area contributed by atoms with Gasteiger partial charge in [0.2, 0.25) is 0 Å². The zero-order chi connectivity index (χ0) is 14.2. The smallest absolute Gasteiger partial charge is 0.194 e. The molecule has 0 bridgehead atoms. The fourth-order valence-electron chi connectivity index (χ4n) is 1.55. The van der Waals surface area contributed by atoms with Gasteiger partial charge in [0.1, 0.15) is 6.23 Å². The van der Waals surface area contributed by atoms with Crippen molar-refractivity contribution in [1.82, 2.24) is 9.55 Å². The fourth-order valence-corrected chi connectivity index (χ4v) is 2.94. The standard InChI is InChI=1S/C14H28N2OSi/c1-13(2,3)12(16-10-9-15-11-16)17-18(7,8)14(4,5)6/h9-12H,1-8H3. The van der Waals surface area contributed by atoms with Crippen molar-refractivity contribution in [3.63, 3.8) is 0 Å². The molecule has 3 nitrogen and oxygen atoms in total. The van der Waals surface area contributed by atoms with Gasteiger partial charge in [0.25, 0.3) is 0 Å². The van der Waals surface area contributed by atoms with Gasteiger partial charge in [-0.15, -0.1) is 0 Å². The molecule has 1 atom stereocenters. The molecule has 0 aliphatic rings. The molecule has 104 valence electrons. The van der Waals surface area contributed by atoms with E-state index in [2.05, 4.69) is 64.2 Å². The quantitative estimate of drug-likeness (QED) is 0.757. The molecule has 0 amide bonds. The van der Waals surface area contributed by atoms with Crippen molar-refractivity contribution in [2.75, 3.05) is 0 Å². The summed E-state index contributed by atoms with van der Waals surface area (Å²) in [5.74, 6) is 0. The van der Waals surface area contributed by atoms with Gasteiger partial charge < -0.3 is 8.99 Å². The van der Waals surface area contributed by atoms with Crippen LogP contribution in [0.5, 0.6) is 0 Å². The van der Waals surface area contributed by atoms with E-state index >= 15 is 0 Å². The Balaban J connectivity index is 3.02. The largest absolute Gasteiger partial charge is 0.396 e. The van der Waals surface area contributed by atoms with Crippen LogP contribution in [0.25, 0.3) is 0 Å². The summed E-state index contributed by atoms with van der Waals surface area (Å²) in [5.41, 5.74) is 0.0518. The van der Waals surface area contributed by atoms with Gasteiger partial charge in [-0.25, -0.2) is 4.98 Å². The summed E-state index contributed by atoms with van der Waals surface area (Å²) in [6, 6.07) is 0. The van der Waals surface area contributed by atoms with E-state index in [0.29, 0.717) is 0 Å². The van der Waals surface area contributed by atoms with Crippen LogP contribution in [0, 0.1) is 5.41 Å². The van der Waals surface area contributed by atoms with Crippen molar-refractivity contribution in [3.8, 4) is 0 Å². The van der Waals surface area contributed by atoms with Gasteiger partial charge in [-0.05, 0) is 18.1 Å². The minimum atomic E-state index is -1.78. The zero-order valence-electron chi connectivity index (χ0n) is 13.1. The van der Waals surface area contributed by atoms with Gasteiger partial charge in [0.05, 0.1) is 6.33 Å². The van der Waals surface area contributed by atoms with E-state index in [4.69, 9.17) is 4.43 Å². The van der Waals surface area contributed by atoms with E-state index in [1.165, 1.54) is 0 Å². The molecule has 0 spiro atoms. The molecule has 1 rings (SSSR count). The maximum absolute atomic E-state index is 6.57. The summed E-state index contributed by atoms with van der Waals surface area (Å²) in [7, 11) is -1.78. The highest BCUT2D eigenvalue weighted by molar-refractivity contribution is 6.74. The van der Waals surface area contributed by atoms with E-state index in [1.807, 2.05) is 18.7 Å². The Morgan fingerprint density at radius 2 is 1.67 bits per heavy atom. The zero-order valence-corrected chi connectivity index (χ0v) is 14.1. The van der Waals surface area contributed by atoms with Crippen LogP contribution in [-0.4, -0.2) is 17.9 Å². The van der Waals surface area contributed by atoms with Crippen LogP contribution in [0.3, 0.4) is 0 Å². The first-order chi connectivity index (χ1) is 7.95. The highest BCUT2D eigenvalue weighted by atomic mass is 28.4. The first kappa shape index (κ1) is 15.4. The van der Waals surface area contributed by atoms with Crippen LogP contribution in [0.15, 0.2) is 18.7 Å². The molecule has 0 aromatic carbocycles. The van der Waals surface area contributed by atoms with Gasteiger partial charge >= 0.3 is 0 Å². The van der Waals surface area contributed by atoms with E-state index < -0.39 is 8.32 Å². The first-order valence-electron chi connectivity index (χ1n) is 6.60. The number of imidazole rings is 1. The third kappa shape index (κ3) is 3.45. The molecule has 0 radical (unpaired) electrons. The van der Waals surface area contributed by atoms with Gasteiger partial charge in [-0.1, -0.05) is 41.5 Å². The second-order valence-electron chi connectivity index (χ2n) is 7.61. The van der Waals surface area contributed by atoms with Gasteiger partial charge in [-0.2, -0.15) is 0 Å². The van der Waals surface area contributed by atoms with E-state index in [9.17, 15) is 0 Å². The van der Waals surface area contributed by atoms with Crippen molar-refractivity contribution >= 4 is 8.32 Å². The Morgan fingerprint density at radius 3 is 2.00 bits per heavy atom. The lowest BCUT2D eigenvalue weighted by Gasteiger charge is -2.43. The lowest BCUT2D eigenvalue weighted by atomic mass is 9.94. The first-order valence-corrected chi connectivity index (χ1v) is 9.51. The number of nitrogens with zero attached hydrogens (tertiary/aromatic N) is 2. The number of hydrogen-bond acceptors (Lipinski definition) is 2. The summed E-state index contributed by atoms with van der Waals surface area (Å²) in [4.78, 5) is 4.15. The van der Waals surface area contributed by atoms with Crippen LogP contribution >= 0.6 is 0 Å². The third-order valence-electron chi connectivity index (χ3n) is 3.75. The van der Waals surface area contributed by atoms with Crippen molar-refractivity contribution in [2.45, 2.75) is 65.9 Å². The highest BCUT2D eigenvalue weighted by Gasteiger charge is 2.42. The maximum Gasteiger partial charge on any atom is 0.194 e. The molecule has 1 heterocycles. The van der Waals surface area contributed by atoms with E-state index in [-0.39, 0.29) is 16.7 Å². The van der Waals surface area contributed by atoms with Crippen LogP contribution < -0.4 is 0 Å². The van der Waals surface area contributed by atoms with Crippen molar-refractivity contribution in [1.29, 1.82) is 0 Å². The fraction of sp³-hybridized carbons (Fsp3) is 0.786. The molecule has 0 aliphatic heterocycles. The summed E-state index contributed by atoms with van der Waals surface area (Å²) >= 11 is 0. The summed E-state index contributed by atoms with van der Waals surface area (Å²) < 4.78 is 8.66. The molecule has 0 fully saturated rings. The third-order valence-corrected chi connectivity index (χ3v) is 8.17. The predicted octanol–water partition coefficient (Wildman–Crippen LogP) is 4.45. The summed E-state index contributed by atoms with van der Waals surface area (Å²) in [6.07, 6.45) is 5.70. The van der Waals surface area contributed by atoms with E-state index in [1.54, 1.807) is 0 Å². The Hall–Kier alpha value is -0.613. The molecule has 1 aromatic rings. The molecule has 18 heavy (non-hydrogen) atoms. The highest BCUT2D eigenvalue weighted by Crippen LogP contribution is 2.42. The molecular weight excluding hydrogens is 240 g/mol. The average Bonchev–Trinajstić information content (AvgIpc) is 2.62. The van der Waals surface area contributed by atoms with Gasteiger partial charge in [0.15, 0.2) is 8.32 Å². The number of hydrogen-bond donors (Lipinski definition) is 0. The maximum atomic E-state index is 6.57. The van der Waals surface area contributed by atoms with Gasteiger partial charge in [-0.3, -0.25) is 0 Å². The number of aromatic nitrogens is 2. The minimum Gasteiger partial charge on any atom is -0.396 e. The van der Waals surface area contributed by atoms with Crippen molar-refractivity contribution in [3.05, 3.63) is 18.7 Å². The molecule has 0 saturated heterocycles. The van der Waals surface area contributed by atoms with Crippen LogP contribution in [-0.2, 0) is 4.43 Å². The van der Waals surface area contributed by atoms with Crippen LogP contribution in [0.2, 0.25) is 18.1 Å². The Labute approximate surface area is 113 Å². The van der Waals surface area contributed by atoms with Crippen LogP contribution in [0.4, 0.5) is 0 Å². The molecule has 1 aromatic heterocycles. The second-order valence-corrected chi connectivity index (χ2v) is 12.4.